The van der Waals surface area contributed by atoms with E-state index in [1.807, 2.05) is 18.2 Å². The number of carbonyl (C=O) groups is 3. The second kappa shape index (κ2) is 9.58. The first-order chi connectivity index (χ1) is 17.0. The zero-order valence-corrected chi connectivity index (χ0v) is 19.9. The Morgan fingerprint density at radius 3 is 2.66 bits per heavy atom. The quantitative estimate of drug-likeness (QED) is 0.608. The Balaban J connectivity index is 1.38. The molecule has 0 spiro atoms. The normalized spacial score (nSPS) is 23.6. The molecule has 0 bridgehead atoms. The molecule has 3 atom stereocenters. The number of piperidine rings is 1. The summed E-state index contributed by atoms with van der Waals surface area (Å²) in [5.74, 6) is 0.846. The van der Waals surface area contributed by atoms with Gasteiger partial charge in [-0.25, -0.2) is 0 Å². The molecule has 0 saturated carbocycles. The number of amides is 3. The number of hydrogen-bond donors (Lipinski definition) is 3. The average Bonchev–Trinajstić information content (AvgIpc) is 3.40. The molecular formula is C26H30N4O5. The maximum Gasteiger partial charge on any atom is 0.256 e. The monoisotopic (exact) mass is 478 g/mol. The van der Waals surface area contributed by atoms with Crippen molar-refractivity contribution in [2.75, 3.05) is 32.6 Å². The molecule has 2 aromatic rings. The molecule has 35 heavy (non-hydrogen) atoms. The van der Waals surface area contributed by atoms with Gasteiger partial charge in [0.15, 0.2) is 0 Å². The van der Waals surface area contributed by atoms with Crippen molar-refractivity contribution in [3.63, 3.8) is 0 Å². The number of anilines is 1. The van der Waals surface area contributed by atoms with Crippen LogP contribution in [-0.2, 0) is 9.59 Å². The zero-order valence-electron chi connectivity index (χ0n) is 19.9. The number of carbonyl (C=O) groups excluding carboxylic acids is 3. The summed E-state index contributed by atoms with van der Waals surface area (Å²) in [5.41, 5.74) is 2.55. The summed E-state index contributed by atoms with van der Waals surface area (Å²) in [7, 11) is 3.18. The molecule has 9 heteroatoms. The molecule has 3 aliphatic heterocycles. The molecular weight excluding hydrogens is 448 g/mol. The van der Waals surface area contributed by atoms with E-state index in [9.17, 15) is 14.4 Å². The zero-order chi connectivity index (χ0) is 24.5. The Morgan fingerprint density at radius 1 is 1.06 bits per heavy atom. The van der Waals surface area contributed by atoms with Gasteiger partial charge in [0.25, 0.3) is 5.91 Å². The van der Waals surface area contributed by atoms with Crippen molar-refractivity contribution in [1.82, 2.24) is 15.5 Å². The van der Waals surface area contributed by atoms with Gasteiger partial charge < -0.3 is 30.3 Å². The standard InChI is InChI=1S/C26H30N4O5/c1-34-17-6-7-18(23(14-17)35-2)15-5-8-20-19(12-15)26(33)30-11-9-16(13-22(30)25(32)29-20)28-24(31)21-4-3-10-27-21/h5-8,12,14,16,21-22,27H,3-4,9-11,13H2,1-2H3,(H,28,31)(H,29,32)/t16-,21+,22-/m0/s1. The van der Waals surface area contributed by atoms with E-state index in [-0.39, 0.29) is 29.8 Å². The third-order valence-electron chi connectivity index (χ3n) is 7.12. The number of nitrogens with one attached hydrogen (secondary N) is 3. The van der Waals surface area contributed by atoms with Crippen LogP contribution in [0.15, 0.2) is 36.4 Å². The Labute approximate surface area is 204 Å². The van der Waals surface area contributed by atoms with Crippen LogP contribution < -0.4 is 25.4 Å². The van der Waals surface area contributed by atoms with Gasteiger partial charge in [0, 0.05) is 24.2 Å². The molecule has 0 radical (unpaired) electrons. The fourth-order valence-electron chi connectivity index (χ4n) is 5.20. The van der Waals surface area contributed by atoms with Crippen LogP contribution in [0, 0.1) is 0 Å². The molecule has 0 unspecified atom stereocenters. The second-order valence-electron chi connectivity index (χ2n) is 9.21. The summed E-state index contributed by atoms with van der Waals surface area (Å²) >= 11 is 0. The maximum absolute atomic E-state index is 13.6. The smallest absolute Gasteiger partial charge is 0.256 e. The van der Waals surface area contributed by atoms with Gasteiger partial charge in [-0.05, 0) is 62.1 Å². The molecule has 2 aromatic carbocycles. The fraction of sp³-hybridized carbons (Fsp3) is 0.423. The second-order valence-corrected chi connectivity index (χ2v) is 9.21. The molecule has 0 aliphatic carbocycles. The van der Waals surface area contributed by atoms with Crippen LogP contribution in [-0.4, -0.2) is 68.1 Å². The summed E-state index contributed by atoms with van der Waals surface area (Å²) in [4.78, 5) is 40.9. The average molecular weight is 479 g/mol. The van der Waals surface area contributed by atoms with Gasteiger partial charge >= 0.3 is 0 Å². The third-order valence-corrected chi connectivity index (χ3v) is 7.12. The van der Waals surface area contributed by atoms with Crippen LogP contribution in [0.2, 0.25) is 0 Å². The van der Waals surface area contributed by atoms with Crippen molar-refractivity contribution in [3.05, 3.63) is 42.0 Å². The third kappa shape index (κ3) is 4.43. The van der Waals surface area contributed by atoms with Crippen molar-refractivity contribution in [1.29, 1.82) is 0 Å². The van der Waals surface area contributed by atoms with Gasteiger partial charge in [0.2, 0.25) is 11.8 Å². The van der Waals surface area contributed by atoms with Gasteiger partial charge in [-0.2, -0.15) is 0 Å². The van der Waals surface area contributed by atoms with E-state index in [2.05, 4.69) is 16.0 Å². The van der Waals surface area contributed by atoms with Gasteiger partial charge in [-0.15, -0.1) is 0 Å². The topological polar surface area (TPSA) is 109 Å². The van der Waals surface area contributed by atoms with E-state index in [0.29, 0.717) is 42.1 Å². The number of methoxy groups -OCH3 is 2. The number of rotatable bonds is 5. The van der Waals surface area contributed by atoms with Gasteiger partial charge in [-0.1, -0.05) is 6.07 Å². The molecule has 3 heterocycles. The Hall–Kier alpha value is -3.59. The lowest BCUT2D eigenvalue weighted by Gasteiger charge is -2.37. The lowest BCUT2D eigenvalue weighted by atomic mass is 9.95. The first kappa shape index (κ1) is 23.2. The van der Waals surface area contributed by atoms with E-state index in [4.69, 9.17) is 9.47 Å². The van der Waals surface area contributed by atoms with E-state index in [0.717, 1.165) is 30.5 Å². The number of benzene rings is 2. The number of nitrogens with zero attached hydrogens (tertiary/aromatic N) is 1. The molecule has 2 fully saturated rings. The highest BCUT2D eigenvalue weighted by atomic mass is 16.5. The molecule has 3 aliphatic rings. The Morgan fingerprint density at radius 2 is 1.91 bits per heavy atom. The summed E-state index contributed by atoms with van der Waals surface area (Å²) in [6, 6.07) is 9.97. The summed E-state index contributed by atoms with van der Waals surface area (Å²) in [5, 5.41) is 9.21. The van der Waals surface area contributed by atoms with Gasteiger partial charge in [0.05, 0.1) is 31.5 Å². The molecule has 3 amide bonds. The van der Waals surface area contributed by atoms with Gasteiger partial charge in [-0.3, -0.25) is 14.4 Å². The van der Waals surface area contributed by atoms with Crippen molar-refractivity contribution < 1.29 is 23.9 Å². The molecule has 9 nitrogen and oxygen atoms in total. The van der Waals surface area contributed by atoms with Crippen LogP contribution in [0.25, 0.3) is 11.1 Å². The van der Waals surface area contributed by atoms with E-state index in [1.54, 1.807) is 37.3 Å². The molecule has 3 N–H and O–H groups in total. The first-order valence-corrected chi connectivity index (χ1v) is 12.0. The lowest BCUT2D eigenvalue weighted by Crippen LogP contribution is -2.56. The highest BCUT2D eigenvalue weighted by Gasteiger charge is 2.40. The van der Waals surface area contributed by atoms with Crippen LogP contribution in [0.4, 0.5) is 5.69 Å². The van der Waals surface area contributed by atoms with Crippen molar-refractivity contribution >= 4 is 23.4 Å². The Bertz CT molecular complexity index is 1160. The van der Waals surface area contributed by atoms with Crippen molar-refractivity contribution in [3.8, 4) is 22.6 Å². The maximum atomic E-state index is 13.6. The minimum Gasteiger partial charge on any atom is -0.497 e. The number of ether oxygens (including phenoxy) is 2. The summed E-state index contributed by atoms with van der Waals surface area (Å²) in [6.45, 7) is 1.24. The minimum absolute atomic E-state index is 0.0253. The van der Waals surface area contributed by atoms with Crippen LogP contribution in [0.1, 0.15) is 36.0 Å². The fourth-order valence-corrected chi connectivity index (χ4v) is 5.20. The van der Waals surface area contributed by atoms with E-state index < -0.39 is 6.04 Å². The largest absolute Gasteiger partial charge is 0.497 e. The van der Waals surface area contributed by atoms with Gasteiger partial charge in [0.1, 0.15) is 17.5 Å². The van der Waals surface area contributed by atoms with Crippen LogP contribution >= 0.6 is 0 Å². The SMILES string of the molecule is COc1ccc(-c2ccc3c(c2)C(=O)N2CC[C@H](NC(=O)[C@H]4CCCN4)C[C@H]2C(=O)N3)c(OC)c1. The number of fused-ring (bicyclic) bond motifs is 2. The molecule has 0 aromatic heterocycles. The predicted octanol–water partition coefficient (Wildman–Crippen LogP) is 2.16. The lowest BCUT2D eigenvalue weighted by molar-refractivity contribution is -0.126. The van der Waals surface area contributed by atoms with Crippen molar-refractivity contribution in [2.45, 2.75) is 43.8 Å². The molecule has 184 valence electrons. The van der Waals surface area contributed by atoms with E-state index >= 15 is 0 Å². The summed E-state index contributed by atoms with van der Waals surface area (Å²) < 4.78 is 10.8. The summed E-state index contributed by atoms with van der Waals surface area (Å²) in [6.07, 6.45) is 2.81. The van der Waals surface area contributed by atoms with Crippen molar-refractivity contribution in [2.24, 2.45) is 0 Å². The minimum atomic E-state index is -0.635. The Kier molecular flexibility index (Phi) is 6.34. The van der Waals surface area contributed by atoms with E-state index in [1.165, 1.54) is 0 Å². The number of hydrogen-bond acceptors (Lipinski definition) is 6. The van der Waals surface area contributed by atoms with Crippen LogP contribution in [0.3, 0.4) is 0 Å². The predicted molar refractivity (Wildman–Crippen MR) is 131 cm³/mol. The molecule has 2 saturated heterocycles. The highest BCUT2D eigenvalue weighted by Crippen LogP contribution is 2.37. The van der Waals surface area contributed by atoms with Crippen LogP contribution in [0.5, 0.6) is 11.5 Å². The first-order valence-electron chi connectivity index (χ1n) is 12.0. The highest BCUT2D eigenvalue weighted by molar-refractivity contribution is 6.10. The molecule has 5 rings (SSSR count).